The normalized spacial score (nSPS) is 10.7. The molecular weight excluding hydrogens is 258 g/mol. The number of aromatic nitrogens is 2. The van der Waals surface area contributed by atoms with E-state index in [9.17, 15) is 8.78 Å². The highest BCUT2D eigenvalue weighted by molar-refractivity contribution is 6.30. The molecule has 0 aliphatic heterocycles. The van der Waals surface area contributed by atoms with Crippen LogP contribution < -0.4 is 0 Å². The topological polar surface area (TPSA) is 25.8 Å². The maximum Gasteiger partial charge on any atom is 0.161 e. The summed E-state index contributed by atoms with van der Waals surface area (Å²) in [4.78, 5) is 8.31. The first-order valence-corrected chi connectivity index (χ1v) is 5.88. The summed E-state index contributed by atoms with van der Waals surface area (Å²) in [5.41, 5.74) is 1.84. The van der Waals surface area contributed by atoms with Gasteiger partial charge in [0.15, 0.2) is 5.82 Å². The molecule has 0 unspecified atom stereocenters. The average molecular weight is 269 g/mol. The Balaban J connectivity index is 2.58. The largest absolute Gasteiger partial charge is 0.233 e. The first-order valence-electron chi connectivity index (χ1n) is 5.50. The molecule has 1 heterocycles. The molecule has 0 saturated carbocycles. The van der Waals surface area contributed by atoms with Gasteiger partial charge in [-0.15, -0.1) is 0 Å². The maximum absolute atomic E-state index is 13.1. The van der Waals surface area contributed by atoms with Gasteiger partial charge in [0, 0.05) is 22.9 Å². The molecule has 18 heavy (non-hydrogen) atoms. The molecule has 0 atom stereocenters. The van der Waals surface area contributed by atoms with Gasteiger partial charge in [-0.3, -0.25) is 0 Å². The molecular formula is C13H11ClF2N2. The van der Waals surface area contributed by atoms with Gasteiger partial charge in [0.25, 0.3) is 0 Å². The molecule has 1 aromatic carbocycles. The smallest absolute Gasteiger partial charge is 0.161 e. The number of hydrogen-bond donors (Lipinski definition) is 0. The molecule has 2 rings (SSSR count). The Morgan fingerprint density at radius 2 is 1.72 bits per heavy atom. The molecule has 0 aliphatic rings. The van der Waals surface area contributed by atoms with Crippen LogP contribution in [0.15, 0.2) is 18.2 Å². The van der Waals surface area contributed by atoms with E-state index in [-0.39, 0.29) is 11.4 Å². The Bertz CT molecular complexity index is 556. The number of nitrogens with zero attached hydrogens (tertiary/aromatic N) is 2. The van der Waals surface area contributed by atoms with Crippen molar-refractivity contribution >= 4 is 11.6 Å². The van der Waals surface area contributed by atoms with E-state index < -0.39 is 11.6 Å². The summed E-state index contributed by atoms with van der Waals surface area (Å²) in [6, 6.07) is 3.16. The highest BCUT2D eigenvalue weighted by atomic mass is 35.5. The Morgan fingerprint density at radius 1 is 1.11 bits per heavy atom. The van der Waals surface area contributed by atoms with Crippen LogP contribution in [0.25, 0.3) is 11.4 Å². The van der Waals surface area contributed by atoms with E-state index in [1.54, 1.807) is 6.92 Å². The molecule has 0 fully saturated rings. The molecule has 0 spiro atoms. The minimum absolute atomic E-state index is 0.230. The monoisotopic (exact) mass is 268 g/mol. The van der Waals surface area contributed by atoms with Gasteiger partial charge in [-0.05, 0) is 25.5 Å². The zero-order valence-electron chi connectivity index (χ0n) is 9.97. The molecule has 0 amide bonds. The zero-order valence-corrected chi connectivity index (χ0v) is 10.7. The van der Waals surface area contributed by atoms with Gasteiger partial charge in [0.2, 0.25) is 0 Å². The maximum atomic E-state index is 13.1. The number of halogens is 3. The van der Waals surface area contributed by atoms with E-state index >= 15 is 0 Å². The van der Waals surface area contributed by atoms with Crippen molar-refractivity contribution in [1.82, 2.24) is 9.97 Å². The second kappa shape index (κ2) is 4.98. The van der Waals surface area contributed by atoms with E-state index in [4.69, 9.17) is 11.6 Å². The first-order chi connectivity index (χ1) is 8.51. The van der Waals surface area contributed by atoms with Crippen molar-refractivity contribution in [3.05, 3.63) is 46.2 Å². The average Bonchev–Trinajstić information content (AvgIpc) is 2.27. The number of benzene rings is 1. The van der Waals surface area contributed by atoms with Crippen molar-refractivity contribution in [2.24, 2.45) is 0 Å². The van der Waals surface area contributed by atoms with Gasteiger partial charge in [-0.2, -0.15) is 0 Å². The van der Waals surface area contributed by atoms with Crippen molar-refractivity contribution < 1.29 is 8.78 Å². The Labute approximate surface area is 109 Å². The SMILES string of the molecule is CCc1c(C)nc(-c2cc(F)cc(F)c2)nc1Cl. The predicted molar refractivity (Wildman–Crippen MR) is 66.5 cm³/mol. The minimum atomic E-state index is -0.665. The third-order valence-corrected chi connectivity index (χ3v) is 2.95. The molecule has 2 aromatic rings. The predicted octanol–water partition coefficient (Wildman–Crippen LogP) is 3.95. The molecule has 2 nitrogen and oxygen atoms in total. The van der Waals surface area contributed by atoms with E-state index in [1.165, 1.54) is 12.1 Å². The third kappa shape index (κ3) is 2.48. The second-order valence-corrected chi connectivity index (χ2v) is 4.27. The van der Waals surface area contributed by atoms with Crippen LogP contribution in [0.3, 0.4) is 0 Å². The highest BCUT2D eigenvalue weighted by Crippen LogP contribution is 2.23. The lowest BCUT2D eigenvalue weighted by Crippen LogP contribution is -1.99. The van der Waals surface area contributed by atoms with Gasteiger partial charge in [-0.1, -0.05) is 18.5 Å². The van der Waals surface area contributed by atoms with Crippen molar-refractivity contribution in [2.45, 2.75) is 20.3 Å². The molecule has 0 saturated heterocycles. The molecule has 5 heteroatoms. The number of hydrogen-bond acceptors (Lipinski definition) is 2. The van der Waals surface area contributed by atoms with E-state index in [0.29, 0.717) is 11.6 Å². The molecule has 0 bridgehead atoms. The van der Waals surface area contributed by atoms with Crippen LogP contribution in [0.1, 0.15) is 18.2 Å². The van der Waals surface area contributed by atoms with Gasteiger partial charge in [-0.25, -0.2) is 18.7 Å². The Kier molecular flexibility index (Phi) is 3.57. The van der Waals surface area contributed by atoms with Gasteiger partial charge in [0.1, 0.15) is 16.8 Å². The van der Waals surface area contributed by atoms with Crippen LogP contribution in [0.2, 0.25) is 5.15 Å². The summed E-state index contributed by atoms with van der Waals surface area (Å²) in [7, 11) is 0. The van der Waals surface area contributed by atoms with Crippen molar-refractivity contribution in [2.75, 3.05) is 0 Å². The zero-order chi connectivity index (χ0) is 13.3. The quantitative estimate of drug-likeness (QED) is 0.771. The fourth-order valence-corrected chi connectivity index (χ4v) is 2.13. The molecule has 0 N–H and O–H groups in total. The lowest BCUT2D eigenvalue weighted by Gasteiger charge is -2.08. The van der Waals surface area contributed by atoms with E-state index in [0.717, 1.165) is 17.3 Å². The van der Waals surface area contributed by atoms with Gasteiger partial charge < -0.3 is 0 Å². The molecule has 94 valence electrons. The lowest BCUT2D eigenvalue weighted by molar-refractivity contribution is 0.584. The Morgan fingerprint density at radius 3 is 2.22 bits per heavy atom. The summed E-state index contributed by atoms with van der Waals surface area (Å²) in [5.74, 6) is -1.10. The summed E-state index contributed by atoms with van der Waals surface area (Å²) < 4.78 is 26.3. The summed E-state index contributed by atoms with van der Waals surface area (Å²) in [5, 5.41) is 0.324. The van der Waals surface area contributed by atoms with Crippen LogP contribution in [-0.4, -0.2) is 9.97 Å². The second-order valence-electron chi connectivity index (χ2n) is 3.91. The minimum Gasteiger partial charge on any atom is -0.233 e. The first kappa shape index (κ1) is 12.9. The van der Waals surface area contributed by atoms with E-state index in [1.807, 2.05) is 6.92 Å². The van der Waals surface area contributed by atoms with Crippen LogP contribution in [-0.2, 0) is 6.42 Å². The Hall–Kier alpha value is -1.55. The highest BCUT2D eigenvalue weighted by Gasteiger charge is 2.11. The molecule has 0 aliphatic carbocycles. The fraction of sp³-hybridized carbons (Fsp3) is 0.231. The van der Waals surface area contributed by atoms with E-state index in [2.05, 4.69) is 9.97 Å². The standard InChI is InChI=1S/C13H11ClF2N2/c1-3-11-7(2)17-13(18-12(11)14)8-4-9(15)6-10(16)5-8/h4-6H,3H2,1-2H3. The third-order valence-electron chi connectivity index (χ3n) is 2.64. The van der Waals surface area contributed by atoms with Crippen LogP contribution in [0.4, 0.5) is 8.78 Å². The van der Waals surface area contributed by atoms with Crippen molar-refractivity contribution in [3.8, 4) is 11.4 Å². The summed E-state index contributed by atoms with van der Waals surface area (Å²) in [6.45, 7) is 3.74. The van der Waals surface area contributed by atoms with Gasteiger partial charge >= 0.3 is 0 Å². The van der Waals surface area contributed by atoms with Crippen molar-refractivity contribution in [3.63, 3.8) is 0 Å². The molecule has 0 radical (unpaired) electrons. The lowest BCUT2D eigenvalue weighted by atomic mass is 10.1. The molecule has 1 aromatic heterocycles. The number of aryl methyl sites for hydroxylation is 1. The van der Waals surface area contributed by atoms with Crippen LogP contribution in [0.5, 0.6) is 0 Å². The summed E-state index contributed by atoms with van der Waals surface area (Å²) >= 11 is 6.03. The number of rotatable bonds is 2. The van der Waals surface area contributed by atoms with Crippen LogP contribution >= 0.6 is 11.6 Å². The van der Waals surface area contributed by atoms with Crippen LogP contribution in [0, 0.1) is 18.6 Å². The summed E-state index contributed by atoms with van der Waals surface area (Å²) in [6.07, 6.45) is 0.711. The van der Waals surface area contributed by atoms with Gasteiger partial charge in [0.05, 0.1) is 0 Å². The van der Waals surface area contributed by atoms with Crippen molar-refractivity contribution in [1.29, 1.82) is 0 Å². The fourth-order valence-electron chi connectivity index (χ4n) is 1.77.